The number of allylic oxidation sites excluding steroid dienone is 1. The molecule has 0 N–H and O–H groups in total. The van der Waals surface area contributed by atoms with Crippen LogP contribution in [0.2, 0.25) is 0 Å². The lowest BCUT2D eigenvalue weighted by Crippen LogP contribution is -2.67. The van der Waals surface area contributed by atoms with Gasteiger partial charge >= 0.3 is 23.9 Å². The number of carbonyl (C=O) groups excluding carboxylic acids is 5. The fourth-order valence-corrected chi connectivity index (χ4v) is 6.66. The van der Waals surface area contributed by atoms with Crippen LogP contribution in [0.1, 0.15) is 66.7 Å². The molecule has 7 unspecified atom stereocenters. The monoisotopic (exact) mass is 478 g/mol. The summed E-state index contributed by atoms with van der Waals surface area (Å²) in [5.74, 6) is -2.61. The van der Waals surface area contributed by atoms with Gasteiger partial charge in [-0.15, -0.1) is 0 Å². The van der Waals surface area contributed by atoms with Gasteiger partial charge < -0.3 is 18.9 Å². The Morgan fingerprint density at radius 1 is 0.912 bits per heavy atom. The normalized spacial score (nSPS) is 34.9. The van der Waals surface area contributed by atoms with Crippen molar-refractivity contribution in [3.63, 3.8) is 0 Å². The SMILES string of the molecule is COC(=O)CC1=C2CCC3C(C)C(OC(C)=O)C(OC(C)=O)C(OC(C)=O)C3(C)C2CCC1=O. The summed E-state index contributed by atoms with van der Waals surface area (Å²) in [5, 5.41) is 0. The van der Waals surface area contributed by atoms with Gasteiger partial charge in [0.25, 0.3) is 0 Å². The number of esters is 4. The van der Waals surface area contributed by atoms with Crippen molar-refractivity contribution in [3.8, 4) is 0 Å². The van der Waals surface area contributed by atoms with Crippen molar-refractivity contribution in [2.45, 2.75) is 85.0 Å². The molecule has 0 spiro atoms. The van der Waals surface area contributed by atoms with Crippen LogP contribution in [0.15, 0.2) is 11.1 Å². The number of ketones is 1. The van der Waals surface area contributed by atoms with Crippen LogP contribution in [0.3, 0.4) is 0 Å². The molecule has 34 heavy (non-hydrogen) atoms. The number of fused-ring (bicyclic) bond motifs is 3. The number of ether oxygens (including phenoxy) is 4. The predicted molar refractivity (Wildman–Crippen MR) is 118 cm³/mol. The van der Waals surface area contributed by atoms with Crippen LogP contribution in [-0.4, -0.2) is 55.1 Å². The van der Waals surface area contributed by atoms with Gasteiger partial charge in [0.2, 0.25) is 0 Å². The van der Waals surface area contributed by atoms with Crippen molar-refractivity contribution < 1.29 is 42.9 Å². The molecular formula is C25H34O9. The van der Waals surface area contributed by atoms with Gasteiger partial charge in [-0.3, -0.25) is 24.0 Å². The van der Waals surface area contributed by atoms with Crippen LogP contribution >= 0.6 is 0 Å². The molecule has 3 aliphatic carbocycles. The van der Waals surface area contributed by atoms with E-state index in [4.69, 9.17) is 18.9 Å². The zero-order valence-corrected chi connectivity index (χ0v) is 20.7. The molecule has 0 bridgehead atoms. The van der Waals surface area contributed by atoms with Gasteiger partial charge in [-0.2, -0.15) is 0 Å². The molecule has 0 aromatic heterocycles. The van der Waals surface area contributed by atoms with E-state index in [0.717, 1.165) is 5.57 Å². The van der Waals surface area contributed by atoms with Crippen LogP contribution in [0.5, 0.6) is 0 Å². The summed E-state index contributed by atoms with van der Waals surface area (Å²) in [5.41, 5.74) is 0.651. The quantitative estimate of drug-likeness (QED) is 0.433. The molecule has 0 aliphatic heterocycles. The zero-order valence-electron chi connectivity index (χ0n) is 20.7. The highest BCUT2D eigenvalue weighted by molar-refractivity contribution is 6.00. The average Bonchev–Trinajstić information content (AvgIpc) is 2.74. The molecule has 0 aromatic rings. The molecule has 9 heteroatoms. The van der Waals surface area contributed by atoms with Crippen LogP contribution in [-0.2, 0) is 42.9 Å². The first-order valence-corrected chi connectivity index (χ1v) is 11.7. The van der Waals surface area contributed by atoms with E-state index >= 15 is 0 Å². The molecule has 2 saturated carbocycles. The largest absolute Gasteiger partial charge is 0.469 e. The summed E-state index contributed by atoms with van der Waals surface area (Å²) in [6.45, 7) is 7.79. The zero-order chi connectivity index (χ0) is 25.4. The number of Topliss-reactive ketones (excluding diaryl/α,β-unsaturated/α-hetero) is 1. The smallest absolute Gasteiger partial charge is 0.310 e. The number of carbonyl (C=O) groups is 5. The van der Waals surface area contributed by atoms with E-state index < -0.39 is 47.6 Å². The van der Waals surface area contributed by atoms with Crippen molar-refractivity contribution in [1.82, 2.24) is 0 Å². The molecule has 0 heterocycles. The lowest BCUT2D eigenvalue weighted by Gasteiger charge is -2.61. The number of hydrogen-bond donors (Lipinski definition) is 0. The summed E-state index contributed by atoms with van der Waals surface area (Å²) in [6, 6.07) is 0. The third-order valence-corrected chi connectivity index (χ3v) is 7.91. The average molecular weight is 479 g/mol. The van der Waals surface area contributed by atoms with Crippen LogP contribution < -0.4 is 0 Å². The summed E-state index contributed by atoms with van der Waals surface area (Å²) >= 11 is 0. The van der Waals surface area contributed by atoms with Gasteiger partial charge in [-0.05, 0) is 31.1 Å². The summed E-state index contributed by atoms with van der Waals surface area (Å²) in [7, 11) is 1.29. The fraction of sp³-hybridized carbons (Fsp3) is 0.720. The first-order chi connectivity index (χ1) is 15.9. The molecule has 188 valence electrons. The maximum atomic E-state index is 12.8. The topological polar surface area (TPSA) is 122 Å². The maximum absolute atomic E-state index is 12.8. The summed E-state index contributed by atoms with van der Waals surface area (Å²) < 4.78 is 22.0. The number of rotatable bonds is 5. The lowest BCUT2D eigenvalue weighted by atomic mass is 9.47. The molecule has 0 saturated heterocycles. The molecule has 3 rings (SSSR count). The third kappa shape index (κ3) is 4.61. The van der Waals surface area contributed by atoms with E-state index in [2.05, 4.69) is 0 Å². The Kier molecular flexibility index (Phi) is 7.53. The molecule has 7 atom stereocenters. The minimum atomic E-state index is -0.998. The number of methoxy groups -OCH3 is 1. The minimum Gasteiger partial charge on any atom is -0.469 e. The molecule has 9 nitrogen and oxygen atoms in total. The van der Waals surface area contributed by atoms with Gasteiger partial charge in [0.1, 0.15) is 12.2 Å². The summed E-state index contributed by atoms with van der Waals surface area (Å²) in [6.07, 6.45) is -0.741. The van der Waals surface area contributed by atoms with Crippen molar-refractivity contribution in [2.24, 2.45) is 23.2 Å². The second-order valence-electron chi connectivity index (χ2n) is 9.82. The van der Waals surface area contributed by atoms with Gasteiger partial charge in [0.15, 0.2) is 11.9 Å². The second-order valence-corrected chi connectivity index (χ2v) is 9.82. The Morgan fingerprint density at radius 2 is 1.50 bits per heavy atom. The van der Waals surface area contributed by atoms with E-state index in [1.54, 1.807) is 0 Å². The third-order valence-electron chi connectivity index (χ3n) is 7.91. The van der Waals surface area contributed by atoms with E-state index in [1.165, 1.54) is 27.9 Å². The molecule has 3 aliphatic rings. The van der Waals surface area contributed by atoms with E-state index in [-0.39, 0.29) is 36.4 Å². The highest BCUT2D eigenvalue weighted by Crippen LogP contribution is 2.61. The summed E-state index contributed by atoms with van der Waals surface area (Å²) in [4.78, 5) is 61.1. The van der Waals surface area contributed by atoms with Crippen molar-refractivity contribution in [3.05, 3.63) is 11.1 Å². The Hall–Kier alpha value is -2.71. The fourth-order valence-electron chi connectivity index (χ4n) is 6.66. The Labute approximate surface area is 199 Å². The molecule has 0 amide bonds. The Morgan fingerprint density at radius 3 is 2.06 bits per heavy atom. The van der Waals surface area contributed by atoms with E-state index in [0.29, 0.717) is 24.8 Å². The highest BCUT2D eigenvalue weighted by Gasteiger charge is 2.64. The highest BCUT2D eigenvalue weighted by atomic mass is 16.6. The molecule has 0 radical (unpaired) electrons. The Bertz CT molecular complexity index is 919. The van der Waals surface area contributed by atoms with E-state index in [9.17, 15) is 24.0 Å². The van der Waals surface area contributed by atoms with Gasteiger partial charge in [0.05, 0.1) is 13.5 Å². The number of hydrogen-bond acceptors (Lipinski definition) is 9. The lowest BCUT2D eigenvalue weighted by molar-refractivity contribution is -0.241. The molecule has 0 aromatic carbocycles. The van der Waals surface area contributed by atoms with Gasteiger partial charge in [-0.25, -0.2) is 0 Å². The van der Waals surface area contributed by atoms with Crippen LogP contribution in [0.4, 0.5) is 0 Å². The first-order valence-electron chi connectivity index (χ1n) is 11.7. The maximum Gasteiger partial charge on any atom is 0.310 e. The van der Waals surface area contributed by atoms with Crippen LogP contribution in [0, 0.1) is 23.2 Å². The van der Waals surface area contributed by atoms with Crippen LogP contribution in [0.25, 0.3) is 0 Å². The molecular weight excluding hydrogens is 444 g/mol. The molecule has 2 fully saturated rings. The van der Waals surface area contributed by atoms with Crippen molar-refractivity contribution in [1.29, 1.82) is 0 Å². The van der Waals surface area contributed by atoms with Crippen molar-refractivity contribution >= 4 is 29.7 Å². The first kappa shape index (κ1) is 25.9. The standard InChI is InChI=1S/C25H34O9/c1-12-18-8-7-16-17(11-21(30)31-6)20(29)10-9-19(16)25(18,5)24(34-15(4)28)23(33-14(3)27)22(12)32-13(2)26/h12,18-19,22-24H,7-11H2,1-6H3. The van der Waals surface area contributed by atoms with Crippen molar-refractivity contribution in [2.75, 3.05) is 7.11 Å². The second kappa shape index (κ2) is 9.88. The van der Waals surface area contributed by atoms with E-state index in [1.807, 2.05) is 13.8 Å². The minimum absolute atomic E-state index is 0.0469. The Balaban J connectivity index is 2.16. The predicted octanol–water partition coefficient (Wildman–Crippen LogP) is 2.69. The van der Waals surface area contributed by atoms with Gasteiger partial charge in [-0.1, -0.05) is 19.4 Å². The van der Waals surface area contributed by atoms with Gasteiger partial charge in [0, 0.05) is 44.1 Å².